The van der Waals surface area contributed by atoms with Gasteiger partial charge in [-0.15, -0.1) is 0 Å². The summed E-state index contributed by atoms with van der Waals surface area (Å²) in [6, 6.07) is 7.72. The second-order valence-electron chi connectivity index (χ2n) is 4.65. The number of nitrogens with zero attached hydrogens (tertiary/aromatic N) is 1. The molecule has 4 heteroatoms. The van der Waals surface area contributed by atoms with Crippen LogP contribution < -0.4 is 10.3 Å². The molecule has 0 saturated carbocycles. The zero-order chi connectivity index (χ0) is 13.7. The molecule has 0 amide bonds. The number of ether oxygens (including phenoxy) is 1. The highest BCUT2D eigenvalue weighted by molar-refractivity contribution is 5.58. The molecule has 0 saturated heterocycles. The van der Waals surface area contributed by atoms with Gasteiger partial charge in [0.05, 0.1) is 18.5 Å². The summed E-state index contributed by atoms with van der Waals surface area (Å²) < 4.78 is 5.69. The number of hydrogen-bond donors (Lipinski definition) is 1. The van der Waals surface area contributed by atoms with Crippen molar-refractivity contribution >= 4 is 0 Å². The molecule has 2 aromatic rings. The monoisotopic (exact) mass is 258 g/mol. The summed E-state index contributed by atoms with van der Waals surface area (Å²) in [5.41, 5.74) is 1.50. The van der Waals surface area contributed by atoms with Crippen LogP contribution in [0.3, 0.4) is 0 Å². The molecule has 4 nitrogen and oxygen atoms in total. The minimum Gasteiger partial charge on any atom is -0.493 e. The Labute approximate surface area is 112 Å². The lowest BCUT2D eigenvalue weighted by atomic mass is 10.1. The van der Waals surface area contributed by atoms with Crippen LogP contribution in [0.4, 0.5) is 0 Å². The van der Waals surface area contributed by atoms with Crippen LogP contribution in [0, 0.1) is 5.92 Å². The summed E-state index contributed by atoms with van der Waals surface area (Å²) in [4.78, 5) is 17.6. The zero-order valence-corrected chi connectivity index (χ0v) is 11.2. The van der Waals surface area contributed by atoms with Gasteiger partial charge in [-0.25, -0.2) is 4.98 Å². The maximum Gasteiger partial charge on any atom is 0.266 e. The Morgan fingerprint density at radius 3 is 2.63 bits per heavy atom. The van der Waals surface area contributed by atoms with Crippen LogP contribution in [0.1, 0.15) is 20.3 Å². The number of nitrogens with one attached hydrogen (secondary N) is 1. The first kappa shape index (κ1) is 13.3. The highest BCUT2D eigenvalue weighted by Gasteiger charge is 2.02. The quantitative estimate of drug-likeness (QED) is 0.897. The van der Waals surface area contributed by atoms with Gasteiger partial charge in [0, 0.05) is 11.8 Å². The SMILES string of the molecule is CC[C@H](C)COc1ccc(-c2c[nH]c(=O)cn2)cc1. The summed E-state index contributed by atoms with van der Waals surface area (Å²) in [6.45, 7) is 5.05. The summed E-state index contributed by atoms with van der Waals surface area (Å²) in [6.07, 6.45) is 4.00. The van der Waals surface area contributed by atoms with Gasteiger partial charge in [-0.05, 0) is 30.2 Å². The molecule has 0 fully saturated rings. The van der Waals surface area contributed by atoms with Gasteiger partial charge in [0.1, 0.15) is 5.75 Å². The van der Waals surface area contributed by atoms with Crippen LogP contribution in [-0.2, 0) is 0 Å². The Morgan fingerprint density at radius 1 is 1.32 bits per heavy atom. The normalized spacial score (nSPS) is 12.1. The van der Waals surface area contributed by atoms with E-state index >= 15 is 0 Å². The van der Waals surface area contributed by atoms with Crippen molar-refractivity contribution in [3.63, 3.8) is 0 Å². The lowest BCUT2D eigenvalue weighted by Gasteiger charge is -2.11. The number of H-pyrrole nitrogens is 1. The Bertz CT molecular complexity index is 555. The van der Waals surface area contributed by atoms with Crippen LogP contribution in [0.25, 0.3) is 11.3 Å². The molecule has 2 rings (SSSR count). The van der Waals surface area contributed by atoms with Crippen molar-refractivity contribution in [2.24, 2.45) is 5.92 Å². The Balaban J connectivity index is 2.06. The molecule has 0 aliphatic carbocycles. The second-order valence-corrected chi connectivity index (χ2v) is 4.65. The third-order valence-corrected chi connectivity index (χ3v) is 3.05. The van der Waals surface area contributed by atoms with Gasteiger partial charge in [-0.3, -0.25) is 4.79 Å². The minimum atomic E-state index is -0.197. The number of aromatic amines is 1. The zero-order valence-electron chi connectivity index (χ0n) is 11.2. The molecule has 1 atom stereocenters. The van der Waals surface area contributed by atoms with Crippen molar-refractivity contribution in [3.8, 4) is 17.0 Å². The molecule has 19 heavy (non-hydrogen) atoms. The molecule has 0 aliphatic heterocycles. The fraction of sp³-hybridized carbons (Fsp3) is 0.333. The van der Waals surface area contributed by atoms with E-state index in [1.54, 1.807) is 6.20 Å². The molecule has 0 bridgehead atoms. The summed E-state index contributed by atoms with van der Waals surface area (Å²) in [5, 5.41) is 0. The van der Waals surface area contributed by atoms with Crippen molar-refractivity contribution in [3.05, 3.63) is 47.0 Å². The molecular formula is C15H18N2O2. The largest absolute Gasteiger partial charge is 0.493 e. The molecule has 0 aliphatic rings. The summed E-state index contributed by atoms with van der Waals surface area (Å²) in [7, 11) is 0. The lowest BCUT2D eigenvalue weighted by Crippen LogP contribution is -2.07. The molecular weight excluding hydrogens is 240 g/mol. The topological polar surface area (TPSA) is 55.0 Å². The van der Waals surface area contributed by atoms with E-state index in [1.807, 2.05) is 24.3 Å². The summed E-state index contributed by atoms with van der Waals surface area (Å²) >= 11 is 0. The van der Waals surface area contributed by atoms with Gasteiger partial charge in [-0.2, -0.15) is 0 Å². The van der Waals surface area contributed by atoms with E-state index in [9.17, 15) is 4.79 Å². The molecule has 100 valence electrons. The highest BCUT2D eigenvalue weighted by Crippen LogP contribution is 2.20. The van der Waals surface area contributed by atoms with E-state index in [-0.39, 0.29) is 5.56 Å². The Morgan fingerprint density at radius 2 is 2.05 bits per heavy atom. The molecule has 1 aromatic heterocycles. The number of rotatable bonds is 5. The van der Waals surface area contributed by atoms with Gasteiger partial charge in [0.2, 0.25) is 0 Å². The highest BCUT2D eigenvalue weighted by atomic mass is 16.5. The first-order valence-corrected chi connectivity index (χ1v) is 6.47. The van der Waals surface area contributed by atoms with E-state index < -0.39 is 0 Å². The van der Waals surface area contributed by atoms with Crippen LogP contribution in [0.5, 0.6) is 5.75 Å². The third kappa shape index (κ3) is 3.68. The average molecular weight is 258 g/mol. The lowest BCUT2D eigenvalue weighted by molar-refractivity contribution is 0.256. The minimum absolute atomic E-state index is 0.197. The van der Waals surface area contributed by atoms with E-state index in [4.69, 9.17) is 4.74 Å². The molecule has 1 N–H and O–H groups in total. The fourth-order valence-electron chi connectivity index (χ4n) is 1.58. The Kier molecular flexibility index (Phi) is 4.34. The predicted molar refractivity (Wildman–Crippen MR) is 75.2 cm³/mol. The van der Waals surface area contributed by atoms with Crippen molar-refractivity contribution in [2.45, 2.75) is 20.3 Å². The standard InChI is InChI=1S/C15H18N2O2/c1-3-11(2)10-19-13-6-4-12(5-7-13)14-8-17-15(18)9-16-14/h4-9,11H,3,10H2,1-2H3,(H,17,18)/t11-/m0/s1. The van der Waals surface area contributed by atoms with Gasteiger partial charge < -0.3 is 9.72 Å². The van der Waals surface area contributed by atoms with Gasteiger partial charge in [0.25, 0.3) is 5.56 Å². The summed E-state index contributed by atoms with van der Waals surface area (Å²) in [5.74, 6) is 1.41. The maximum atomic E-state index is 10.9. The van der Waals surface area contributed by atoms with Crippen LogP contribution in [0.2, 0.25) is 0 Å². The van der Waals surface area contributed by atoms with Crippen molar-refractivity contribution in [1.29, 1.82) is 0 Å². The van der Waals surface area contributed by atoms with E-state index in [0.717, 1.165) is 30.0 Å². The first-order chi connectivity index (χ1) is 9.19. The van der Waals surface area contributed by atoms with Gasteiger partial charge in [0.15, 0.2) is 0 Å². The molecule has 1 heterocycles. The van der Waals surface area contributed by atoms with E-state index in [0.29, 0.717) is 5.92 Å². The number of aromatic nitrogens is 2. The van der Waals surface area contributed by atoms with E-state index in [2.05, 4.69) is 23.8 Å². The van der Waals surface area contributed by atoms with E-state index in [1.165, 1.54) is 6.20 Å². The van der Waals surface area contributed by atoms with Crippen LogP contribution in [-0.4, -0.2) is 16.6 Å². The number of hydrogen-bond acceptors (Lipinski definition) is 3. The second kappa shape index (κ2) is 6.18. The van der Waals surface area contributed by atoms with Crippen molar-refractivity contribution in [1.82, 2.24) is 9.97 Å². The smallest absolute Gasteiger partial charge is 0.266 e. The van der Waals surface area contributed by atoms with Crippen LogP contribution in [0.15, 0.2) is 41.5 Å². The predicted octanol–water partition coefficient (Wildman–Crippen LogP) is 2.86. The third-order valence-electron chi connectivity index (χ3n) is 3.05. The fourth-order valence-corrected chi connectivity index (χ4v) is 1.58. The number of benzene rings is 1. The molecule has 0 spiro atoms. The van der Waals surface area contributed by atoms with Crippen molar-refractivity contribution < 1.29 is 4.74 Å². The first-order valence-electron chi connectivity index (χ1n) is 6.47. The average Bonchev–Trinajstić information content (AvgIpc) is 2.46. The van der Waals surface area contributed by atoms with Crippen molar-refractivity contribution in [2.75, 3.05) is 6.61 Å². The Hall–Kier alpha value is -2.10. The van der Waals surface area contributed by atoms with Gasteiger partial charge in [-0.1, -0.05) is 20.3 Å². The molecule has 0 unspecified atom stereocenters. The molecule has 0 radical (unpaired) electrons. The molecule has 1 aromatic carbocycles. The van der Waals surface area contributed by atoms with Crippen LogP contribution >= 0.6 is 0 Å². The van der Waals surface area contributed by atoms with Gasteiger partial charge >= 0.3 is 0 Å². The maximum absolute atomic E-state index is 10.9.